The van der Waals surface area contributed by atoms with Crippen LogP contribution < -0.4 is 10.5 Å². The zero-order valence-corrected chi connectivity index (χ0v) is 12.0. The molecule has 20 heavy (non-hydrogen) atoms. The summed E-state index contributed by atoms with van der Waals surface area (Å²) >= 11 is 0. The van der Waals surface area contributed by atoms with Crippen LogP contribution in [0.5, 0.6) is 0 Å². The largest absolute Gasteiger partial charge is 0.399 e. The zero-order valence-electron chi connectivity index (χ0n) is 11.1. The Morgan fingerprint density at radius 3 is 2.45 bits per heavy atom. The number of anilines is 2. The summed E-state index contributed by atoms with van der Waals surface area (Å²) in [7, 11) is -4.01. The van der Waals surface area contributed by atoms with Crippen LogP contribution in [0.25, 0.3) is 0 Å². The predicted octanol–water partition coefficient (Wildman–Crippen LogP) is 2.83. The highest BCUT2D eigenvalue weighted by Gasteiger charge is 2.20. The number of sulfonamides is 1. The molecule has 3 N–H and O–H groups in total. The average Bonchev–Trinajstić information content (AvgIpc) is 2.35. The van der Waals surface area contributed by atoms with Crippen LogP contribution in [-0.4, -0.2) is 8.42 Å². The van der Waals surface area contributed by atoms with Gasteiger partial charge in [0.05, 0.1) is 5.69 Å². The molecule has 2 aromatic carbocycles. The molecule has 0 aliphatic carbocycles. The molecular formula is C14H15FN2O2S. The summed E-state index contributed by atoms with van der Waals surface area (Å²) in [6, 6.07) is 8.71. The van der Waals surface area contributed by atoms with Crippen LogP contribution in [0.1, 0.15) is 11.1 Å². The minimum Gasteiger partial charge on any atom is -0.399 e. The third kappa shape index (κ3) is 2.91. The quantitative estimate of drug-likeness (QED) is 0.855. The number of benzene rings is 2. The number of nitrogens with one attached hydrogen (secondary N) is 1. The summed E-state index contributed by atoms with van der Waals surface area (Å²) in [5.41, 5.74) is 7.89. The van der Waals surface area contributed by atoms with Gasteiger partial charge in [-0.05, 0) is 43.7 Å². The molecule has 0 fully saturated rings. The number of halogens is 1. The Labute approximate surface area is 117 Å². The van der Waals surface area contributed by atoms with Crippen molar-refractivity contribution >= 4 is 21.4 Å². The van der Waals surface area contributed by atoms with Crippen LogP contribution in [0, 0.1) is 19.7 Å². The molecule has 0 saturated carbocycles. The SMILES string of the molecule is Cc1ccc(NS(=O)(=O)c2cc(N)ccc2F)c(C)c1. The molecule has 0 amide bonds. The van der Waals surface area contributed by atoms with Crippen molar-refractivity contribution in [3.05, 3.63) is 53.3 Å². The van der Waals surface area contributed by atoms with Crippen LogP contribution in [0.3, 0.4) is 0 Å². The van der Waals surface area contributed by atoms with Gasteiger partial charge in [-0.3, -0.25) is 4.72 Å². The van der Waals surface area contributed by atoms with Crippen molar-refractivity contribution in [3.8, 4) is 0 Å². The molecular weight excluding hydrogens is 279 g/mol. The van der Waals surface area contributed by atoms with Crippen LogP contribution in [0.15, 0.2) is 41.3 Å². The lowest BCUT2D eigenvalue weighted by atomic mass is 10.1. The van der Waals surface area contributed by atoms with Crippen molar-refractivity contribution in [1.82, 2.24) is 0 Å². The monoisotopic (exact) mass is 294 g/mol. The molecule has 0 atom stereocenters. The number of rotatable bonds is 3. The molecule has 0 bridgehead atoms. The lowest BCUT2D eigenvalue weighted by molar-refractivity contribution is 0.570. The topological polar surface area (TPSA) is 72.2 Å². The summed E-state index contributed by atoms with van der Waals surface area (Å²) in [5.74, 6) is -0.837. The minimum absolute atomic E-state index is 0.187. The molecule has 0 saturated heterocycles. The van der Waals surface area contributed by atoms with E-state index in [2.05, 4.69) is 4.72 Å². The van der Waals surface area contributed by atoms with E-state index in [0.717, 1.165) is 23.3 Å². The van der Waals surface area contributed by atoms with Crippen LogP contribution >= 0.6 is 0 Å². The van der Waals surface area contributed by atoms with Gasteiger partial charge in [-0.1, -0.05) is 17.7 Å². The fourth-order valence-corrected chi connectivity index (χ4v) is 3.10. The van der Waals surface area contributed by atoms with Gasteiger partial charge in [0.2, 0.25) is 0 Å². The molecule has 4 nitrogen and oxygen atoms in total. The van der Waals surface area contributed by atoms with Gasteiger partial charge in [0, 0.05) is 5.69 Å². The van der Waals surface area contributed by atoms with Crippen molar-refractivity contribution < 1.29 is 12.8 Å². The maximum atomic E-state index is 13.7. The number of hydrogen-bond acceptors (Lipinski definition) is 3. The van der Waals surface area contributed by atoms with Crippen molar-refractivity contribution in [2.45, 2.75) is 18.7 Å². The number of hydrogen-bond donors (Lipinski definition) is 2. The van der Waals surface area contributed by atoms with E-state index in [0.29, 0.717) is 5.69 Å². The third-order valence-electron chi connectivity index (χ3n) is 2.87. The fourth-order valence-electron chi connectivity index (χ4n) is 1.85. The summed E-state index contributed by atoms with van der Waals surface area (Å²) in [6.45, 7) is 3.68. The third-order valence-corrected chi connectivity index (χ3v) is 4.25. The van der Waals surface area contributed by atoms with Gasteiger partial charge >= 0.3 is 0 Å². The van der Waals surface area contributed by atoms with E-state index in [1.165, 1.54) is 6.07 Å². The normalized spacial score (nSPS) is 11.3. The second kappa shape index (κ2) is 5.13. The van der Waals surface area contributed by atoms with Crippen molar-refractivity contribution in [1.29, 1.82) is 0 Å². The van der Waals surface area contributed by atoms with Crippen molar-refractivity contribution in [2.24, 2.45) is 0 Å². The Kier molecular flexibility index (Phi) is 3.67. The summed E-state index contributed by atoms with van der Waals surface area (Å²) in [5, 5.41) is 0. The smallest absolute Gasteiger partial charge is 0.264 e. The lowest BCUT2D eigenvalue weighted by Crippen LogP contribution is -2.15. The molecule has 2 aromatic rings. The second-order valence-electron chi connectivity index (χ2n) is 4.61. The molecule has 0 aliphatic heterocycles. The van der Waals surface area contributed by atoms with Gasteiger partial charge in [-0.25, -0.2) is 12.8 Å². The summed E-state index contributed by atoms with van der Waals surface area (Å²) in [6.07, 6.45) is 0. The molecule has 0 aliphatic rings. The fraction of sp³-hybridized carbons (Fsp3) is 0.143. The lowest BCUT2D eigenvalue weighted by Gasteiger charge is -2.12. The Morgan fingerprint density at radius 1 is 1.10 bits per heavy atom. The number of aryl methyl sites for hydroxylation is 2. The standard InChI is InChI=1S/C14H15FN2O2S/c1-9-3-6-13(10(2)7-9)17-20(18,19)14-8-11(16)4-5-12(14)15/h3-8,17H,16H2,1-2H3. The van der Waals surface area contributed by atoms with Crippen molar-refractivity contribution in [3.63, 3.8) is 0 Å². The predicted molar refractivity (Wildman–Crippen MR) is 77.5 cm³/mol. The highest BCUT2D eigenvalue weighted by molar-refractivity contribution is 7.92. The van der Waals surface area contributed by atoms with Crippen LogP contribution in [0.4, 0.5) is 15.8 Å². The molecule has 2 rings (SSSR count). The van der Waals surface area contributed by atoms with Gasteiger partial charge in [0.1, 0.15) is 10.7 Å². The molecule has 0 radical (unpaired) electrons. The van der Waals surface area contributed by atoms with E-state index in [9.17, 15) is 12.8 Å². The van der Waals surface area contributed by atoms with E-state index < -0.39 is 20.7 Å². The molecule has 0 aromatic heterocycles. The maximum Gasteiger partial charge on any atom is 0.264 e. The van der Waals surface area contributed by atoms with E-state index in [4.69, 9.17) is 5.73 Å². The molecule has 0 spiro atoms. The highest BCUT2D eigenvalue weighted by Crippen LogP contribution is 2.23. The Morgan fingerprint density at radius 2 is 1.80 bits per heavy atom. The summed E-state index contributed by atoms with van der Waals surface area (Å²) in [4.78, 5) is -0.461. The van der Waals surface area contributed by atoms with Gasteiger partial charge in [-0.2, -0.15) is 0 Å². The van der Waals surface area contributed by atoms with E-state index in [1.54, 1.807) is 19.1 Å². The Hall–Kier alpha value is -2.08. The average molecular weight is 294 g/mol. The second-order valence-corrected chi connectivity index (χ2v) is 6.26. The van der Waals surface area contributed by atoms with E-state index in [1.807, 2.05) is 13.0 Å². The highest BCUT2D eigenvalue weighted by atomic mass is 32.2. The molecule has 0 unspecified atom stereocenters. The summed E-state index contributed by atoms with van der Waals surface area (Å²) < 4.78 is 40.4. The maximum absolute atomic E-state index is 13.7. The van der Waals surface area contributed by atoms with Gasteiger partial charge < -0.3 is 5.73 Å². The molecule has 6 heteroatoms. The zero-order chi connectivity index (χ0) is 14.9. The first-order valence-electron chi connectivity index (χ1n) is 5.95. The Bertz CT molecular complexity index is 758. The van der Waals surface area contributed by atoms with E-state index >= 15 is 0 Å². The van der Waals surface area contributed by atoms with Crippen LogP contribution in [-0.2, 0) is 10.0 Å². The number of nitrogens with two attached hydrogens (primary N) is 1. The number of nitrogen functional groups attached to an aromatic ring is 1. The molecule has 0 heterocycles. The Balaban J connectivity index is 2.43. The van der Waals surface area contributed by atoms with Crippen molar-refractivity contribution in [2.75, 3.05) is 10.5 Å². The molecule has 106 valence electrons. The van der Waals surface area contributed by atoms with Gasteiger partial charge in [-0.15, -0.1) is 0 Å². The first-order valence-corrected chi connectivity index (χ1v) is 7.43. The van der Waals surface area contributed by atoms with Crippen LogP contribution in [0.2, 0.25) is 0 Å². The van der Waals surface area contributed by atoms with Gasteiger partial charge in [0.15, 0.2) is 0 Å². The van der Waals surface area contributed by atoms with E-state index in [-0.39, 0.29) is 5.69 Å². The van der Waals surface area contributed by atoms with Gasteiger partial charge in [0.25, 0.3) is 10.0 Å². The first kappa shape index (κ1) is 14.3. The first-order chi connectivity index (χ1) is 9.29. The minimum atomic E-state index is -4.01.